The highest BCUT2D eigenvalue weighted by atomic mass is 32.2. The van der Waals surface area contributed by atoms with E-state index < -0.39 is 40.8 Å². The van der Waals surface area contributed by atoms with Gasteiger partial charge in [-0.1, -0.05) is 6.07 Å². The van der Waals surface area contributed by atoms with Crippen LogP contribution in [0.2, 0.25) is 0 Å². The molecule has 0 aliphatic carbocycles. The number of amides is 1. The molecule has 1 N–H and O–H groups in total. The van der Waals surface area contributed by atoms with E-state index in [0.717, 1.165) is 13.2 Å². The molecule has 1 amide bonds. The molecule has 0 saturated heterocycles. The number of carbonyl (C=O) groups excluding carboxylic acids is 4. The first-order valence-corrected chi connectivity index (χ1v) is 10.6. The number of ether oxygens (including phenoxy) is 3. The standard InChI is InChI=1S/C22H21F2NO7S/c1-4-31-21(28)18(25-12(2)26)11-33-22(29)32-19-8-5-13(9-16(19)20(27)30-3)15-7-6-14(23)10-17(15)24/h5-10,18H,4,11H2,1-3H3,(H,25,26). The van der Waals surface area contributed by atoms with Crippen LogP contribution in [0.3, 0.4) is 0 Å². The van der Waals surface area contributed by atoms with Gasteiger partial charge in [0.1, 0.15) is 29.0 Å². The van der Waals surface area contributed by atoms with Crippen LogP contribution in [0.1, 0.15) is 24.2 Å². The molecule has 176 valence electrons. The van der Waals surface area contributed by atoms with Crippen LogP contribution in [-0.2, 0) is 19.1 Å². The van der Waals surface area contributed by atoms with Gasteiger partial charge in [0.15, 0.2) is 0 Å². The third kappa shape index (κ3) is 7.28. The molecule has 11 heteroatoms. The Kier molecular flexibility index (Phi) is 9.34. The molecule has 0 aliphatic rings. The maximum atomic E-state index is 14.1. The zero-order valence-corrected chi connectivity index (χ0v) is 18.8. The zero-order chi connectivity index (χ0) is 24.5. The minimum Gasteiger partial charge on any atom is -0.465 e. The van der Waals surface area contributed by atoms with Crippen LogP contribution >= 0.6 is 11.8 Å². The predicted molar refractivity (Wildman–Crippen MR) is 116 cm³/mol. The van der Waals surface area contributed by atoms with E-state index in [4.69, 9.17) is 14.2 Å². The fourth-order valence-corrected chi connectivity index (χ4v) is 3.38. The molecule has 2 rings (SSSR count). The molecule has 0 fully saturated rings. The first-order valence-electron chi connectivity index (χ1n) is 9.62. The summed E-state index contributed by atoms with van der Waals surface area (Å²) in [5.41, 5.74) is 0.0891. The summed E-state index contributed by atoms with van der Waals surface area (Å²) in [6, 6.07) is 5.79. The van der Waals surface area contributed by atoms with Crippen LogP contribution < -0.4 is 10.1 Å². The summed E-state index contributed by atoms with van der Waals surface area (Å²) in [6.07, 6.45) is 0. The minimum atomic E-state index is -1.08. The van der Waals surface area contributed by atoms with Gasteiger partial charge in [0, 0.05) is 24.3 Å². The van der Waals surface area contributed by atoms with Crippen molar-refractivity contribution in [3.05, 3.63) is 53.6 Å². The van der Waals surface area contributed by atoms with Crippen molar-refractivity contribution >= 4 is 34.9 Å². The molecule has 2 aromatic rings. The Morgan fingerprint density at radius 3 is 2.42 bits per heavy atom. The maximum absolute atomic E-state index is 14.1. The van der Waals surface area contributed by atoms with Gasteiger partial charge >= 0.3 is 17.2 Å². The van der Waals surface area contributed by atoms with Gasteiger partial charge in [-0.05, 0) is 48.5 Å². The number of hydrogen-bond acceptors (Lipinski definition) is 8. The Balaban J connectivity index is 2.21. The van der Waals surface area contributed by atoms with Crippen molar-refractivity contribution < 1.29 is 42.2 Å². The van der Waals surface area contributed by atoms with Crippen molar-refractivity contribution in [3.8, 4) is 16.9 Å². The number of halogens is 2. The number of esters is 2. The number of carbonyl (C=O) groups is 4. The van der Waals surface area contributed by atoms with Crippen molar-refractivity contribution in [2.24, 2.45) is 0 Å². The average Bonchev–Trinajstić information content (AvgIpc) is 2.76. The van der Waals surface area contributed by atoms with Crippen LogP contribution in [0, 0.1) is 11.6 Å². The molecule has 0 spiro atoms. The lowest BCUT2D eigenvalue weighted by Gasteiger charge is -2.16. The fourth-order valence-electron chi connectivity index (χ4n) is 2.71. The van der Waals surface area contributed by atoms with Gasteiger partial charge in [0.2, 0.25) is 5.91 Å². The Labute approximate surface area is 192 Å². The highest BCUT2D eigenvalue weighted by molar-refractivity contribution is 8.13. The van der Waals surface area contributed by atoms with E-state index in [-0.39, 0.29) is 34.8 Å². The SMILES string of the molecule is CCOC(=O)C(CSC(=O)Oc1ccc(-c2ccc(F)cc2F)cc1C(=O)OC)NC(C)=O. The van der Waals surface area contributed by atoms with Crippen molar-refractivity contribution in [2.45, 2.75) is 19.9 Å². The van der Waals surface area contributed by atoms with Crippen molar-refractivity contribution in [1.82, 2.24) is 5.32 Å². The molecule has 33 heavy (non-hydrogen) atoms. The molecule has 0 heterocycles. The van der Waals surface area contributed by atoms with Crippen LogP contribution in [-0.4, -0.2) is 48.7 Å². The van der Waals surface area contributed by atoms with Crippen molar-refractivity contribution in [1.29, 1.82) is 0 Å². The van der Waals surface area contributed by atoms with Crippen LogP contribution in [0.4, 0.5) is 13.6 Å². The lowest BCUT2D eigenvalue weighted by Crippen LogP contribution is -2.43. The Morgan fingerprint density at radius 1 is 1.09 bits per heavy atom. The molecule has 0 aliphatic heterocycles. The number of methoxy groups -OCH3 is 1. The Morgan fingerprint density at radius 2 is 1.82 bits per heavy atom. The normalized spacial score (nSPS) is 11.3. The van der Waals surface area contributed by atoms with E-state index in [1.165, 1.54) is 31.2 Å². The first-order chi connectivity index (χ1) is 15.7. The summed E-state index contributed by atoms with van der Waals surface area (Å²) in [4.78, 5) is 47.8. The first kappa shape index (κ1) is 25.8. The number of hydrogen-bond donors (Lipinski definition) is 1. The second-order valence-corrected chi connectivity index (χ2v) is 7.45. The molecule has 2 aromatic carbocycles. The summed E-state index contributed by atoms with van der Waals surface area (Å²) >= 11 is 0.578. The topological polar surface area (TPSA) is 108 Å². The van der Waals surface area contributed by atoms with E-state index in [9.17, 15) is 28.0 Å². The molecule has 1 atom stereocenters. The Hall–Kier alpha value is -3.47. The predicted octanol–water partition coefficient (Wildman–Crippen LogP) is 3.72. The maximum Gasteiger partial charge on any atom is 0.372 e. The van der Waals surface area contributed by atoms with Crippen LogP contribution in [0.5, 0.6) is 5.75 Å². The second kappa shape index (κ2) is 12.0. The van der Waals surface area contributed by atoms with E-state index in [1.54, 1.807) is 6.92 Å². The largest absolute Gasteiger partial charge is 0.465 e. The molecule has 0 bridgehead atoms. The molecule has 0 aromatic heterocycles. The molecule has 0 saturated carbocycles. The fraction of sp³-hybridized carbons (Fsp3) is 0.273. The summed E-state index contributed by atoms with van der Waals surface area (Å²) in [5.74, 6) is -3.99. The molecule has 8 nitrogen and oxygen atoms in total. The van der Waals surface area contributed by atoms with Gasteiger partial charge in [-0.3, -0.25) is 4.79 Å². The van der Waals surface area contributed by atoms with E-state index in [1.807, 2.05) is 0 Å². The van der Waals surface area contributed by atoms with E-state index >= 15 is 0 Å². The molecular weight excluding hydrogens is 460 g/mol. The highest BCUT2D eigenvalue weighted by Gasteiger charge is 2.24. The summed E-state index contributed by atoms with van der Waals surface area (Å²) in [6.45, 7) is 2.90. The lowest BCUT2D eigenvalue weighted by atomic mass is 10.0. The van der Waals surface area contributed by atoms with E-state index in [0.29, 0.717) is 17.8 Å². The highest BCUT2D eigenvalue weighted by Crippen LogP contribution is 2.30. The van der Waals surface area contributed by atoms with Crippen molar-refractivity contribution in [2.75, 3.05) is 19.5 Å². The number of nitrogens with one attached hydrogen (secondary N) is 1. The third-order valence-corrected chi connectivity index (χ3v) is 4.96. The van der Waals surface area contributed by atoms with Crippen LogP contribution in [0.15, 0.2) is 36.4 Å². The van der Waals surface area contributed by atoms with Crippen LogP contribution in [0.25, 0.3) is 11.1 Å². The lowest BCUT2D eigenvalue weighted by molar-refractivity contribution is -0.146. The number of benzene rings is 2. The number of rotatable bonds is 8. The minimum absolute atomic E-state index is 0.0291. The van der Waals surface area contributed by atoms with Gasteiger partial charge in [0.25, 0.3) is 0 Å². The molecule has 1 unspecified atom stereocenters. The molecule has 0 radical (unpaired) electrons. The summed E-state index contributed by atoms with van der Waals surface area (Å²) in [7, 11) is 1.12. The summed E-state index contributed by atoms with van der Waals surface area (Å²) in [5, 5.41) is 1.50. The van der Waals surface area contributed by atoms with Gasteiger partial charge in [0.05, 0.1) is 13.7 Å². The van der Waals surface area contributed by atoms with Gasteiger partial charge in [-0.2, -0.15) is 0 Å². The second-order valence-electron chi connectivity index (χ2n) is 6.49. The Bertz CT molecular complexity index is 1060. The van der Waals surface area contributed by atoms with Crippen molar-refractivity contribution in [3.63, 3.8) is 0 Å². The zero-order valence-electron chi connectivity index (χ0n) is 18.0. The average molecular weight is 481 g/mol. The third-order valence-electron chi connectivity index (χ3n) is 4.14. The monoisotopic (exact) mass is 481 g/mol. The van der Waals surface area contributed by atoms with Gasteiger partial charge in [-0.25, -0.2) is 23.2 Å². The summed E-state index contributed by atoms with van der Waals surface area (Å²) < 4.78 is 42.1. The molecular formula is C22H21F2NO7S. The van der Waals surface area contributed by atoms with Gasteiger partial charge in [-0.15, -0.1) is 0 Å². The van der Waals surface area contributed by atoms with Gasteiger partial charge < -0.3 is 19.5 Å². The smallest absolute Gasteiger partial charge is 0.372 e. The van der Waals surface area contributed by atoms with E-state index in [2.05, 4.69) is 5.32 Å². The number of thioether (sulfide) groups is 1. The quantitative estimate of drug-likeness (QED) is 0.569.